The van der Waals surface area contributed by atoms with Gasteiger partial charge in [0.15, 0.2) is 0 Å². The van der Waals surface area contributed by atoms with Crippen molar-refractivity contribution < 1.29 is 9.09 Å². The van der Waals surface area contributed by atoms with Crippen LogP contribution in [0.4, 0.5) is 0 Å². The molecule has 0 aliphatic carbocycles. The van der Waals surface area contributed by atoms with Crippen LogP contribution in [0.25, 0.3) is 0 Å². The van der Waals surface area contributed by atoms with Crippen LogP contribution in [0.2, 0.25) is 0 Å². The Bertz CT molecular complexity index is 170. The first kappa shape index (κ1) is 11.9. The van der Waals surface area contributed by atoms with Gasteiger partial charge in [0.25, 0.3) is 0 Å². The fourth-order valence-corrected chi connectivity index (χ4v) is 1.35. The second-order valence-electron chi connectivity index (χ2n) is 2.84. The van der Waals surface area contributed by atoms with Crippen molar-refractivity contribution >= 4 is 14.2 Å². The number of rotatable bonds is 7. The van der Waals surface area contributed by atoms with Crippen molar-refractivity contribution in [2.75, 3.05) is 13.3 Å². The van der Waals surface area contributed by atoms with E-state index >= 15 is 0 Å². The summed E-state index contributed by atoms with van der Waals surface area (Å²) >= 11 is 0. The van der Waals surface area contributed by atoms with E-state index in [-0.39, 0.29) is 0 Å². The van der Waals surface area contributed by atoms with Gasteiger partial charge < -0.3 is 4.52 Å². The second-order valence-corrected chi connectivity index (χ2v) is 4.99. The lowest BCUT2D eigenvalue weighted by Crippen LogP contribution is -1.90. The maximum absolute atomic E-state index is 11.2. The molecule has 0 saturated carbocycles. The number of unbranched alkanes of at least 4 members (excludes halogenated alkanes) is 3. The van der Waals surface area contributed by atoms with Crippen LogP contribution in [-0.4, -0.2) is 20.0 Å². The van der Waals surface area contributed by atoms with Crippen LogP contribution < -0.4 is 0 Å². The first-order valence-corrected chi connectivity index (χ1v) is 6.35. The molecular formula is C8H18NO2P. The average Bonchev–Trinajstić information content (AvgIpc) is 2.04. The van der Waals surface area contributed by atoms with Crippen molar-refractivity contribution in [3.8, 4) is 0 Å². The molecule has 0 aliphatic heterocycles. The van der Waals surface area contributed by atoms with Crippen molar-refractivity contribution in [2.45, 2.75) is 32.6 Å². The Morgan fingerprint density at radius 2 is 2.08 bits per heavy atom. The molecule has 12 heavy (non-hydrogen) atoms. The van der Waals surface area contributed by atoms with Gasteiger partial charge in [-0.15, -0.1) is 0 Å². The lowest BCUT2D eigenvalue weighted by Gasteiger charge is -2.07. The normalized spacial score (nSPS) is 15.5. The van der Waals surface area contributed by atoms with Crippen molar-refractivity contribution in [3.63, 3.8) is 0 Å². The van der Waals surface area contributed by atoms with Gasteiger partial charge in [-0.05, 0) is 13.1 Å². The Hall–Kier alpha value is -0.140. The molecular weight excluding hydrogens is 173 g/mol. The first-order valence-electron chi connectivity index (χ1n) is 4.32. The number of hydrogen-bond donors (Lipinski definition) is 0. The van der Waals surface area contributed by atoms with E-state index in [1.165, 1.54) is 19.5 Å². The Kier molecular flexibility index (Phi) is 6.31. The quantitative estimate of drug-likeness (QED) is 0.352. The highest BCUT2D eigenvalue weighted by atomic mass is 31.2. The van der Waals surface area contributed by atoms with E-state index < -0.39 is 7.52 Å². The molecule has 0 bridgehead atoms. The molecule has 0 rings (SSSR count). The van der Waals surface area contributed by atoms with Crippen molar-refractivity contribution in [2.24, 2.45) is 4.76 Å². The Morgan fingerprint density at radius 3 is 2.58 bits per heavy atom. The minimum atomic E-state index is -2.71. The van der Waals surface area contributed by atoms with Gasteiger partial charge in [-0.3, -0.25) is 4.57 Å². The molecule has 0 spiro atoms. The van der Waals surface area contributed by atoms with Crippen LogP contribution in [0.3, 0.4) is 0 Å². The van der Waals surface area contributed by atoms with Crippen LogP contribution in [0.15, 0.2) is 4.76 Å². The topological polar surface area (TPSA) is 38.7 Å². The summed E-state index contributed by atoms with van der Waals surface area (Å²) in [5.41, 5.74) is 0. The standard InChI is InChI=1S/C8H18NO2P/c1-4-5-6-7-8-11-12(3,10)9-2/h2,4-8H2,1,3H3. The third-order valence-corrected chi connectivity index (χ3v) is 2.76. The molecule has 0 amide bonds. The molecule has 0 saturated heterocycles. The van der Waals surface area contributed by atoms with Gasteiger partial charge in [-0.2, -0.15) is 0 Å². The van der Waals surface area contributed by atoms with E-state index in [0.717, 1.165) is 12.8 Å². The molecule has 0 aliphatic rings. The Balaban J connectivity index is 3.31. The zero-order valence-electron chi connectivity index (χ0n) is 7.95. The summed E-state index contributed by atoms with van der Waals surface area (Å²) in [5, 5.41) is 0. The molecule has 0 N–H and O–H groups in total. The van der Waals surface area contributed by atoms with Crippen LogP contribution in [0.5, 0.6) is 0 Å². The lowest BCUT2D eigenvalue weighted by atomic mass is 10.2. The summed E-state index contributed by atoms with van der Waals surface area (Å²) in [6.45, 7) is 7.38. The van der Waals surface area contributed by atoms with E-state index in [1.54, 1.807) is 0 Å². The summed E-state index contributed by atoms with van der Waals surface area (Å²) in [4.78, 5) is 0. The molecule has 1 atom stereocenters. The van der Waals surface area contributed by atoms with Gasteiger partial charge in [-0.1, -0.05) is 26.2 Å². The molecule has 3 nitrogen and oxygen atoms in total. The highest BCUT2D eigenvalue weighted by molar-refractivity contribution is 7.56. The fourth-order valence-electron chi connectivity index (χ4n) is 0.804. The molecule has 1 unspecified atom stereocenters. The smallest absolute Gasteiger partial charge is 0.310 e. The molecule has 0 fully saturated rings. The first-order chi connectivity index (χ1) is 5.62. The predicted molar refractivity (Wildman–Crippen MR) is 53.2 cm³/mol. The van der Waals surface area contributed by atoms with E-state index in [2.05, 4.69) is 18.4 Å². The van der Waals surface area contributed by atoms with Crippen LogP contribution >= 0.6 is 7.52 Å². The van der Waals surface area contributed by atoms with E-state index in [0.29, 0.717) is 6.61 Å². The lowest BCUT2D eigenvalue weighted by molar-refractivity contribution is 0.306. The van der Waals surface area contributed by atoms with E-state index in [4.69, 9.17) is 4.52 Å². The highest BCUT2D eigenvalue weighted by Gasteiger charge is 2.10. The molecule has 0 aromatic heterocycles. The predicted octanol–water partition coefficient (Wildman–Crippen LogP) is 3.11. The summed E-state index contributed by atoms with van der Waals surface area (Å²) in [6, 6.07) is 0. The molecule has 0 heterocycles. The molecule has 0 aromatic rings. The Morgan fingerprint density at radius 1 is 1.42 bits per heavy atom. The summed E-state index contributed by atoms with van der Waals surface area (Å²) in [6.07, 6.45) is 4.50. The van der Waals surface area contributed by atoms with Gasteiger partial charge >= 0.3 is 7.52 Å². The average molecular weight is 191 g/mol. The summed E-state index contributed by atoms with van der Waals surface area (Å²) in [7, 11) is -2.71. The minimum Gasteiger partial charge on any atom is -0.312 e. The zero-order chi connectivity index (χ0) is 9.45. The summed E-state index contributed by atoms with van der Waals surface area (Å²) in [5.74, 6) is 0. The van der Waals surface area contributed by atoms with Crippen molar-refractivity contribution in [1.82, 2.24) is 0 Å². The van der Waals surface area contributed by atoms with E-state index in [9.17, 15) is 4.57 Å². The number of hydrogen-bond acceptors (Lipinski definition) is 2. The third-order valence-electron chi connectivity index (χ3n) is 1.59. The van der Waals surface area contributed by atoms with Crippen LogP contribution in [0.1, 0.15) is 32.6 Å². The van der Waals surface area contributed by atoms with Gasteiger partial charge in [-0.25, -0.2) is 4.76 Å². The van der Waals surface area contributed by atoms with Gasteiger partial charge in [0, 0.05) is 6.66 Å². The van der Waals surface area contributed by atoms with Crippen molar-refractivity contribution in [3.05, 3.63) is 0 Å². The van der Waals surface area contributed by atoms with Gasteiger partial charge in [0.2, 0.25) is 0 Å². The van der Waals surface area contributed by atoms with Crippen LogP contribution in [-0.2, 0) is 9.09 Å². The van der Waals surface area contributed by atoms with E-state index in [1.807, 2.05) is 0 Å². The molecule has 0 radical (unpaired) electrons. The SMILES string of the molecule is C=NP(C)(=O)OCCCCCC. The highest BCUT2D eigenvalue weighted by Crippen LogP contribution is 2.43. The molecule has 72 valence electrons. The second kappa shape index (κ2) is 6.38. The molecule has 4 heteroatoms. The largest absolute Gasteiger partial charge is 0.312 e. The van der Waals surface area contributed by atoms with Gasteiger partial charge in [0.1, 0.15) is 0 Å². The monoisotopic (exact) mass is 191 g/mol. The zero-order valence-corrected chi connectivity index (χ0v) is 8.85. The maximum Gasteiger partial charge on any atom is 0.310 e. The summed E-state index contributed by atoms with van der Waals surface area (Å²) < 4.78 is 19.6. The van der Waals surface area contributed by atoms with Crippen LogP contribution in [0, 0.1) is 0 Å². The maximum atomic E-state index is 11.2. The van der Waals surface area contributed by atoms with Gasteiger partial charge in [0.05, 0.1) is 6.61 Å². The Labute approximate surface area is 74.7 Å². The third kappa shape index (κ3) is 6.56. The minimum absolute atomic E-state index is 0.535. The fraction of sp³-hybridized carbons (Fsp3) is 0.875. The molecule has 0 aromatic carbocycles. The number of nitrogens with zero attached hydrogens (tertiary/aromatic N) is 1. The van der Waals surface area contributed by atoms with Crippen molar-refractivity contribution in [1.29, 1.82) is 0 Å².